The zero-order chi connectivity index (χ0) is 21.0. The Morgan fingerprint density at radius 3 is 2.90 bits per heavy atom. The van der Waals surface area contributed by atoms with E-state index in [-0.39, 0.29) is 41.7 Å². The Bertz CT molecular complexity index is 996. The number of hydrogen-bond donors (Lipinski definition) is 1. The molecule has 6 nitrogen and oxygen atoms in total. The summed E-state index contributed by atoms with van der Waals surface area (Å²) in [6, 6.07) is 4.07. The van der Waals surface area contributed by atoms with E-state index in [1.54, 1.807) is 13.3 Å². The largest absolute Gasteiger partial charge is 0.489 e. The Balaban J connectivity index is 1.53. The van der Waals surface area contributed by atoms with Crippen molar-refractivity contribution in [2.24, 2.45) is 23.0 Å². The summed E-state index contributed by atoms with van der Waals surface area (Å²) in [7, 11) is 1.76. The van der Waals surface area contributed by atoms with Gasteiger partial charge >= 0.3 is 0 Å². The molecule has 2 N–H and O–H groups in total. The van der Waals surface area contributed by atoms with E-state index in [4.69, 9.17) is 15.2 Å². The van der Waals surface area contributed by atoms with Gasteiger partial charge in [-0.3, -0.25) is 14.6 Å². The van der Waals surface area contributed by atoms with Crippen LogP contribution in [0.1, 0.15) is 37.7 Å². The molecule has 6 heteroatoms. The first-order valence-electron chi connectivity index (χ1n) is 10.5. The van der Waals surface area contributed by atoms with Gasteiger partial charge in [0.2, 0.25) is 5.91 Å². The van der Waals surface area contributed by atoms with Crippen LogP contribution in [-0.4, -0.2) is 36.0 Å². The molecule has 1 aliphatic heterocycles. The summed E-state index contributed by atoms with van der Waals surface area (Å²) in [5.41, 5.74) is 8.08. The smallest absolute Gasteiger partial charge is 0.221 e. The molecule has 0 spiro atoms. The van der Waals surface area contributed by atoms with Crippen LogP contribution in [0.5, 0.6) is 0 Å². The van der Waals surface area contributed by atoms with E-state index >= 15 is 0 Å². The molecule has 1 aromatic rings. The Morgan fingerprint density at radius 1 is 1.37 bits per heavy atom. The van der Waals surface area contributed by atoms with E-state index in [2.05, 4.69) is 30.1 Å². The minimum absolute atomic E-state index is 0.0403. The number of nitrogens with two attached hydrogens (primary N) is 1. The van der Waals surface area contributed by atoms with Crippen molar-refractivity contribution >= 4 is 11.7 Å². The Labute approximate surface area is 175 Å². The fourth-order valence-electron chi connectivity index (χ4n) is 5.89. The van der Waals surface area contributed by atoms with E-state index in [0.29, 0.717) is 17.8 Å². The highest BCUT2D eigenvalue weighted by Crippen LogP contribution is 2.60. The first kappa shape index (κ1) is 19.2. The lowest BCUT2D eigenvalue weighted by molar-refractivity contribution is -0.127. The number of Topliss-reactive ketones (excluding diaryl/α,β-unsaturated/α-hetero) is 1. The quantitative estimate of drug-likeness (QED) is 0.833. The number of carbonyl (C=O) groups is 2. The summed E-state index contributed by atoms with van der Waals surface area (Å²) in [6.07, 6.45) is 11.3. The molecule has 5 rings (SSSR count). The first-order valence-corrected chi connectivity index (χ1v) is 10.5. The number of allylic oxidation sites excluding steroid dienone is 4. The molecule has 1 fully saturated rings. The van der Waals surface area contributed by atoms with Crippen LogP contribution >= 0.6 is 0 Å². The lowest BCUT2D eigenvalue weighted by atomic mass is 9.64. The maximum Gasteiger partial charge on any atom is 0.221 e. The minimum Gasteiger partial charge on any atom is -0.489 e. The van der Waals surface area contributed by atoms with Gasteiger partial charge in [0.05, 0.1) is 17.6 Å². The van der Waals surface area contributed by atoms with Crippen LogP contribution < -0.4 is 5.73 Å². The number of nitrogens with zero attached hydrogens (tertiary/aromatic N) is 1. The molecule has 1 aromatic heterocycles. The number of rotatable bonds is 3. The van der Waals surface area contributed by atoms with Crippen molar-refractivity contribution in [1.82, 2.24) is 4.98 Å². The normalized spacial score (nSPS) is 37.1. The van der Waals surface area contributed by atoms with Gasteiger partial charge in [0, 0.05) is 49.6 Å². The van der Waals surface area contributed by atoms with Crippen LogP contribution in [0.15, 0.2) is 59.7 Å². The number of primary amides is 1. The molecule has 156 valence electrons. The van der Waals surface area contributed by atoms with Gasteiger partial charge in [0.25, 0.3) is 0 Å². The number of pyridine rings is 1. The highest BCUT2D eigenvalue weighted by molar-refractivity contribution is 6.02. The maximum absolute atomic E-state index is 12.6. The summed E-state index contributed by atoms with van der Waals surface area (Å²) in [5.74, 6) is -0.0532. The number of fused-ring (bicyclic) bond motifs is 3. The lowest BCUT2D eigenvalue weighted by Crippen LogP contribution is -2.42. The fraction of sp³-hybridized carbons (Fsp3) is 0.458. The molecule has 1 amide bonds. The number of ether oxygens (including phenoxy) is 2. The monoisotopic (exact) mass is 406 g/mol. The Hall–Kier alpha value is -2.73. The second-order valence-electron chi connectivity index (χ2n) is 9.03. The fourth-order valence-corrected chi connectivity index (χ4v) is 5.89. The van der Waals surface area contributed by atoms with Crippen molar-refractivity contribution in [3.8, 4) is 0 Å². The zero-order valence-corrected chi connectivity index (χ0v) is 17.2. The van der Waals surface area contributed by atoms with E-state index in [9.17, 15) is 9.59 Å². The third-order valence-electron chi connectivity index (χ3n) is 7.45. The van der Waals surface area contributed by atoms with Crippen molar-refractivity contribution in [1.29, 1.82) is 0 Å². The third kappa shape index (κ3) is 2.77. The van der Waals surface area contributed by atoms with Crippen LogP contribution in [0.2, 0.25) is 0 Å². The molecule has 3 aliphatic carbocycles. The second-order valence-corrected chi connectivity index (χ2v) is 9.03. The number of amides is 1. The second kappa shape index (κ2) is 6.91. The topological polar surface area (TPSA) is 91.5 Å². The minimum atomic E-state index is -0.491. The van der Waals surface area contributed by atoms with Crippen molar-refractivity contribution in [3.05, 3.63) is 65.2 Å². The Kier molecular flexibility index (Phi) is 4.43. The van der Waals surface area contributed by atoms with Crippen LogP contribution in [0.3, 0.4) is 0 Å². The molecule has 1 saturated carbocycles. The predicted octanol–water partition coefficient (Wildman–Crippen LogP) is 2.82. The van der Waals surface area contributed by atoms with Crippen molar-refractivity contribution < 1.29 is 19.1 Å². The molecular formula is C24H26N2O4. The molecule has 0 bridgehead atoms. The van der Waals surface area contributed by atoms with E-state index in [1.807, 2.05) is 18.3 Å². The van der Waals surface area contributed by atoms with E-state index in [1.165, 1.54) is 0 Å². The average Bonchev–Trinajstić information content (AvgIpc) is 3.06. The zero-order valence-electron chi connectivity index (χ0n) is 17.2. The standard InChI is InChI=1S/C24H26N2O4/c1-24-6-5-13-8-16-18(27)9-15(23(25)28)10-19(16)30-22(13)17(24)11-20(29-2)21(24)14-4-3-7-26-12-14/h3-8,12,15,17,20-22H,9-11H2,1-2H3,(H2,25,28)/t15?,17-,20+,21-,22+,24-/m0/s1. The SMILES string of the molecule is CO[C@@H]1C[C@H]2[C@@H]3OC4=C(C=C3C=C[C@]2(C)[C@H]1c1cccnc1)C(=O)CC(C(N)=O)C4. The molecule has 1 unspecified atom stereocenters. The number of carbonyl (C=O) groups excluding carboxylic acids is 2. The lowest BCUT2D eigenvalue weighted by Gasteiger charge is -2.44. The van der Waals surface area contributed by atoms with Crippen LogP contribution in [-0.2, 0) is 19.1 Å². The Morgan fingerprint density at radius 2 is 2.20 bits per heavy atom. The van der Waals surface area contributed by atoms with Gasteiger partial charge in [-0.05, 0) is 29.7 Å². The van der Waals surface area contributed by atoms with Gasteiger partial charge in [-0.2, -0.15) is 0 Å². The molecular weight excluding hydrogens is 380 g/mol. The third-order valence-corrected chi connectivity index (χ3v) is 7.45. The number of methoxy groups -OCH3 is 1. The van der Waals surface area contributed by atoms with Gasteiger partial charge in [-0.25, -0.2) is 0 Å². The van der Waals surface area contributed by atoms with Crippen LogP contribution in [0.25, 0.3) is 0 Å². The van der Waals surface area contributed by atoms with Gasteiger partial charge in [-0.15, -0.1) is 0 Å². The summed E-state index contributed by atoms with van der Waals surface area (Å²) in [5, 5.41) is 0. The molecule has 30 heavy (non-hydrogen) atoms. The van der Waals surface area contributed by atoms with Gasteiger partial charge < -0.3 is 15.2 Å². The van der Waals surface area contributed by atoms with E-state index < -0.39 is 11.8 Å². The van der Waals surface area contributed by atoms with Crippen LogP contribution in [0, 0.1) is 17.3 Å². The molecule has 0 aromatic carbocycles. The van der Waals surface area contributed by atoms with E-state index in [0.717, 1.165) is 17.6 Å². The van der Waals surface area contributed by atoms with Gasteiger partial charge in [0.15, 0.2) is 5.78 Å². The maximum atomic E-state index is 12.6. The van der Waals surface area contributed by atoms with Crippen LogP contribution in [0.4, 0.5) is 0 Å². The highest BCUT2D eigenvalue weighted by atomic mass is 16.5. The molecule has 0 radical (unpaired) electrons. The molecule has 4 aliphatic rings. The summed E-state index contributed by atoms with van der Waals surface area (Å²) < 4.78 is 12.4. The van der Waals surface area contributed by atoms with Crippen molar-refractivity contribution in [2.75, 3.05) is 7.11 Å². The number of hydrogen-bond acceptors (Lipinski definition) is 5. The number of aromatic nitrogens is 1. The van der Waals surface area contributed by atoms with Gasteiger partial charge in [0.1, 0.15) is 11.9 Å². The highest BCUT2D eigenvalue weighted by Gasteiger charge is 2.57. The van der Waals surface area contributed by atoms with Crippen molar-refractivity contribution in [3.63, 3.8) is 0 Å². The molecule has 0 saturated heterocycles. The number of ketones is 1. The molecule has 2 heterocycles. The van der Waals surface area contributed by atoms with Crippen molar-refractivity contribution in [2.45, 2.75) is 44.3 Å². The summed E-state index contributed by atoms with van der Waals surface area (Å²) in [6.45, 7) is 2.26. The summed E-state index contributed by atoms with van der Waals surface area (Å²) in [4.78, 5) is 28.6. The summed E-state index contributed by atoms with van der Waals surface area (Å²) >= 11 is 0. The first-order chi connectivity index (χ1) is 14.4. The average molecular weight is 406 g/mol. The molecule has 6 atom stereocenters. The van der Waals surface area contributed by atoms with Gasteiger partial charge in [-0.1, -0.05) is 25.1 Å². The predicted molar refractivity (Wildman–Crippen MR) is 110 cm³/mol.